The Morgan fingerprint density at radius 2 is 1.61 bits per heavy atom. The first kappa shape index (κ1) is 24.8. The lowest BCUT2D eigenvalue weighted by Gasteiger charge is -2.25. The fourth-order valence-electron chi connectivity index (χ4n) is 3.70. The summed E-state index contributed by atoms with van der Waals surface area (Å²) in [5, 5.41) is 3.58. The first-order valence-corrected chi connectivity index (χ1v) is 13.0. The fraction of sp³-hybridized carbons (Fsp3) is 0.269. The van der Waals surface area contributed by atoms with Crippen LogP contribution in [-0.2, 0) is 14.8 Å². The number of benzene rings is 3. The minimum Gasteiger partial charge on any atom is -0.345 e. The van der Waals surface area contributed by atoms with Crippen LogP contribution in [0, 0.1) is 13.8 Å². The van der Waals surface area contributed by atoms with Gasteiger partial charge in [0.2, 0.25) is 15.9 Å². The van der Waals surface area contributed by atoms with Crippen molar-refractivity contribution in [3.8, 4) is 0 Å². The topological polar surface area (TPSA) is 66.5 Å². The van der Waals surface area contributed by atoms with Gasteiger partial charge in [-0.2, -0.15) is 0 Å². The number of anilines is 1. The number of aryl methyl sites for hydroxylation is 2. The van der Waals surface area contributed by atoms with E-state index in [1.165, 1.54) is 4.31 Å². The molecule has 3 aromatic rings. The van der Waals surface area contributed by atoms with E-state index in [0.717, 1.165) is 28.5 Å². The second kappa shape index (κ2) is 10.9. The summed E-state index contributed by atoms with van der Waals surface area (Å²) in [5.74, 6) is -0.138. The third kappa shape index (κ3) is 6.83. The highest BCUT2D eigenvalue weighted by molar-refractivity contribution is 7.92. The zero-order valence-corrected chi connectivity index (χ0v) is 20.7. The van der Waals surface area contributed by atoms with E-state index in [9.17, 15) is 13.2 Å². The summed E-state index contributed by atoms with van der Waals surface area (Å²) in [6, 6.07) is 22.7. The van der Waals surface area contributed by atoms with Crippen molar-refractivity contribution in [2.75, 3.05) is 17.1 Å². The van der Waals surface area contributed by atoms with Crippen molar-refractivity contribution in [3.63, 3.8) is 0 Å². The minimum atomic E-state index is -3.53. The Labute approximate surface area is 201 Å². The average molecular weight is 485 g/mol. The SMILES string of the molecule is Cc1ccc([C@H](NC(=O)CCCN(c2cc(Cl)ccc2C)S(C)(=O)=O)c2ccccc2)cc1. The zero-order chi connectivity index (χ0) is 24.0. The molecule has 33 heavy (non-hydrogen) atoms. The molecule has 1 N–H and O–H groups in total. The van der Waals surface area contributed by atoms with E-state index >= 15 is 0 Å². The molecule has 0 radical (unpaired) electrons. The van der Waals surface area contributed by atoms with Crippen molar-refractivity contribution < 1.29 is 13.2 Å². The molecule has 0 aromatic heterocycles. The van der Waals surface area contributed by atoms with Gasteiger partial charge in [-0.15, -0.1) is 0 Å². The van der Waals surface area contributed by atoms with Crippen LogP contribution in [0.1, 0.15) is 41.1 Å². The number of nitrogens with zero attached hydrogens (tertiary/aromatic N) is 1. The Morgan fingerprint density at radius 1 is 0.970 bits per heavy atom. The summed E-state index contributed by atoms with van der Waals surface area (Å²) in [4.78, 5) is 12.9. The van der Waals surface area contributed by atoms with Crippen LogP contribution in [0.5, 0.6) is 0 Å². The highest BCUT2D eigenvalue weighted by Gasteiger charge is 2.21. The number of hydrogen-bond acceptors (Lipinski definition) is 3. The number of carbonyl (C=O) groups is 1. The number of hydrogen-bond donors (Lipinski definition) is 1. The Bertz CT molecular complexity index is 1200. The lowest BCUT2D eigenvalue weighted by molar-refractivity contribution is -0.121. The first-order chi connectivity index (χ1) is 15.6. The van der Waals surface area contributed by atoms with Crippen molar-refractivity contribution in [3.05, 3.63) is 100 Å². The summed E-state index contributed by atoms with van der Waals surface area (Å²) in [5.41, 5.74) is 4.47. The van der Waals surface area contributed by atoms with Crippen LogP contribution in [0.15, 0.2) is 72.8 Å². The molecule has 174 valence electrons. The molecule has 0 saturated carbocycles. The molecular weight excluding hydrogens is 456 g/mol. The Balaban J connectivity index is 1.71. The lowest BCUT2D eigenvalue weighted by atomic mass is 9.97. The van der Waals surface area contributed by atoms with Crippen LogP contribution >= 0.6 is 11.6 Å². The van der Waals surface area contributed by atoms with Crippen LogP contribution in [0.2, 0.25) is 5.02 Å². The summed E-state index contributed by atoms with van der Waals surface area (Å²) >= 11 is 6.09. The van der Waals surface area contributed by atoms with Crippen molar-refractivity contribution in [1.82, 2.24) is 5.32 Å². The molecule has 0 saturated heterocycles. The Hall–Kier alpha value is -2.83. The Morgan fingerprint density at radius 3 is 2.24 bits per heavy atom. The van der Waals surface area contributed by atoms with Gasteiger partial charge >= 0.3 is 0 Å². The number of rotatable bonds is 9. The molecule has 1 atom stereocenters. The molecule has 0 bridgehead atoms. The third-order valence-electron chi connectivity index (χ3n) is 5.45. The second-order valence-corrected chi connectivity index (χ2v) is 10.5. The average Bonchev–Trinajstić information content (AvgIpc) is 2.77. The summed E-state index contributed by atoms with van der Waals surface area (Å²) < 4.78 is 26.2. The number of sulfonamides is 1. The van der Waals surface area contributed by atoms with Crippen LogP contribution in [0.3, 0.4) is 0 Å². The quantitative estimate of drug-likeness (QED) is 0.441. The van der Waals surface area contributed by atoms with Gasteiger partial charge in [0.15, 0.2) is 0 Å². The van der Waals surface area contributed by atoms with Gasteiger partial charge in [-0.1, -0.05) is 77.8 Å². The van der Waals surface area contributed by atoms with E-state index in [0.29, 0.717) is 17.1 Å². The van der Waals surface area contributed by atoms with E-state index < -0.39 is 10.0 Å². The number of amides is 1. The molecule has 7 heteroatoms. The number of halogens is 1. The number of carbonyl (C=O) groups excluding carboxylic acids is 1. The molecule has 0 unspecified atom stereocenters. The summed E-state index contributed by atoms with van der Waals surface area (Å²) in [6.45, 7) is 4.05. The molecule has 0 spiro atoms. The van der Waals surface area contributed by atoms with Crippen LogP contribution in [0.25, 0.3) is 0 Å². The summed E-state index contributed by atoms with van der Waals surface area (Å²) in [7, 11) is -3.53. The van der Waals surface area contributed by atoms with E-state index in [4.69, 9.17) is 11.6 Å². The van der Waals surface area contributed by atoms with Crippen LogP contribution in [0.4, 0.5) is 5.69 Å². The summed E-state index contributed by atoms with van der Waals surface area (Å²) in [6.07, 6.45) is 1.73. The fourth-order valence-corrected chi connectivity index (χ4v) is 4.88. The van der Waals surface area contributed by atoms with Gasteiger partial charge in [-0.25, -0.2) is 8.42 Å². The maximum atomic E-state index is 12.9. The molecule has 0 aliphatic rings. The molecule has 0 fully saturated rings. The third-order valence-corrected chi connectivity index (χ3v) is 6.87. The smallest absolute Gasteiger partial charge is 0.232 e. The van der Waals surface area contributed by atoms with Crippen molar-refractivity contribution in [2.45, 2.75) is 32.7 Å². The molecule has 3 aromatic carbocycles. The minimum absolute atomic E-state index is 0.138. The highest BCUT2D eigenvalue weighted by atomic mass is 35.5. The van der Waals surface area contributed by atoms with Crippen molar-refractivity contribution in [1.29, 1.82) is 0 Å². The van der Waals surface area contributed by atoms with Gasteiger partial charge in [-0.05, 0) is 49.1 Å². The zero-order valence-electron chi connectivity index (χ0n) is 19.1. The molecule has 1 amide bonds. The van der Waals surface area contributed by atoms with Gasteiger partial charge < -0.3 is 5.32 Å². The van der Waals surface area contributed by atoms with Gasteiger partial charge in [0, 0.05) is 18.0 Å². The van der Waals surface area contributed by atoms with Gasteiger partial charge in [-0.3, -0.25) is 9.10 Å². The predicted octanol–water partition coefficient (Wildman–Crippen LogP) is 5.41. The van der Waals surface area contributed by atoms with E-state index in [-0.39, 0.29) is 24.9 Å². The van der Waals surface area contributed by atoms with Crippen LogP contribution in [-0.4, -0.2) is 27.1 Å². The van der Waals surface area contributed by atoms with E-state index in [2.05, 4.69) is 5.32 Å². The number of nitrogens with one attached hydrogen (secondary N) is 1. The molecule has 0 aliphatic carbocycles. The molecule has 0 heterocycles. The monoisotopic (exact) mass is 484 g/mol. The molecule has 0 aliphatic heterocycles. The normalized spacial score (nSPS) is 12.2. The maximum Gasteiger partial charge on any atom is 0.232 e. The maximum absolute atomic E-state index is 12.9. The van der Waals surface area contributed by atoms with Crippen molar-refractivity contribution in [2.24, 2.45) is 0 Å². The van der Waals surface area contributed by atoms with Gasteiger partial charge in [0.05, 0.1) is 18.0 Å². The molecule has 5 nitrogen and oxygen atoms in total. The first-order valence-electron chi connectivity index (χ1n) is 10.8. The van der Waals surface area contributed by atoms with Crippen LogP contribution < -0.4 is 9.62 Å². The Kier molecular flexibility index (Phi) is 8.16. The lowest BCUT2D eigenvalue weighted by Crippen LogP contribution is -2.33. The molecular formula is C26H29ClN2O3S. The van der Waals surface area contributed by atoms with Crippen molar-refractivity contribution >= 4 is 33.2 Å². The second-order valence-electron chi connectivity index (χ2n) is 8.19. The standard InChI is InChI=1S/C26H29ClN2O3S/c1-19-11-14-22(15-12-19)26(21-8-5-4-6-9-21)28-25(30)10-7-17-29(33(3,31)32)24-18-23(27)16-13-20(24)2/h4-6,8-9,11-16,18,26H,7,10,17H2,1-3H3,(H,28,30)/t26-/m1/s1. The van der Waals surface area contributed by atoms with Gasteiger partial charge in [0.25, 0.3) is 0 Å². The highest BCUT2D eigenvalue weighted by Crippen LogP contribution is 2.27. The van der Waals surface area contributed by atoms with Gasteiger partial charge in [0.1, 0.15) is 0 Å². The predicted molar refractivity (Wildman–Crippen MR) is 135 cm³/mol. The van der Waals surface area contributed by atoms with E-state index in [1.54, 1.807) is 18.2 Å². The van der Waals surface area contributed by atoms with E-state index in [1.807, 2.05) is 68.4 Å². The largest absolute Gasteiger partial charge is 0.345 e. The molecule has 3 rings (SSSR count).